The van der Waals surface area contributed by atoms with E-state index in [0.717, 1.165) is 60.6 Å². The molecule has 0 saturated carbocycles. The Balaban J connectivity index is 1.43. The number of likely N-dealkylation sites (N-methyl/N-ethyl adjacent to an activating group) is 1. The molecule has 4 rings (SSSR count). The molecule has 3 N–H and O–H groups in total. The van der Waals surface area contributed by atoms with Crippen molar-refractivity contribution in [3.63, 3.8) is 0 Å². The van der Waals surface area contributed by atoms with E-state index in [-0.39, 0.29) is 6.03 Å². The van der Waals surface area contributed by atoms with Gasteiger partial charge >= 0.3 is 6.03 Å². The predicted octanol–water partition coefficient (Wildman–Crippen LogP) is 4.23. The van der Waals surface area contributed by atoms with Crippen LogP contribution in [0.25, 0.3) is 0 Å². The Hall–Kier alpha value is -3.65. The van der Waals surface area contributed by atoms with Crippen LogP contribution in [0.1, 0.15) is 11.4 Å². The number of anilines is 5. The van der Waals surface area contributed by atoms with E-state index in [0.29, 0.717) is 5.69 Å². The largest absolute Gasteiger partial charge is 0.354 e. The highest BCUT2D eigenvalue weighted by atomic mass is 16.2. The fourth-order valence-electron chi connectivity index (χ4n) is 3.65. The SMILES string of the molecule is Cc1cccc(NC(=O)Nc2cccc(Nc3cc(N4CCN(C)CC4)nc(C)n3)c2)c1. The van der Waals surface area contributed by atoms with E-state index in [1.165, 1.54) is 0 Å². The lowest BCUT2D eigenvalue weighted by atomic mass is 10.2. The van der Waals surface area contributed by atoms with E-state index in [1.54, 1.807) is 0 Å². The molecule has 1 aliphatic heterocycles. The molecule has 32 heavy (non-hydrogen) atoms. The molecule has 8 heteroatoms. The number of benzene rings is 2. The molecular weight excluding hydrogens is 402 g/mol. The van der Waals surface area contributed by atoms with Crippen molar-refractivity contribution >= 4 is 34.7 Å². The first-order valence-corrected chi connectivity index (χ1v) is 10.8. The summed E-state index contributed by atoms with van der Waals surface area (Å²) in [7, 11) is 2.14. The standard InChI is InChI=1S/C24H29N7O/c1-17-6-4-7-19(14-17)28-24(32)29-21-9-5-8-20(15-21)27-22-16-23(26-18(2)25-22)31-12-10-30(3)11-13-31/h4-9,14-16H,10-13H2,1-3H3,(H,25,26,27)(H2,28,29,32). The highest BCUT2D eigenvalue weighted by molar-refractivity contribution is 6.00. The minimum Gasteiger partial charge on any atom is -0.354 e. The molecule has 2 aromatic carbocycles. The first-order chi connectivity index (χ1) is 15.4. The fourth-order valence-corrected chi connectivity index (χ4v) is 3.65. The zero-order chi connectivity index (χ0) is 22.5. The maximum Gasteiger partial charge on any atom is 0.323 e. The molecule has 2 heterocycles. The Morgan fingerprint density at radius 2 is 1.50 bits per heavy atom. The molecule has 166 valence electrons. The molecule has 0 bridgehead atoms. The Morgan fingerprint density at radius 1 is 0.844 bits per heavy atom. The summed E-state index contributed by atoms with van der Waals surface area (Å²) in [4.78, 5) is 26.1. The number of carbonyl (C=O) groups excluding carboxylic acids is 1. The summed E-state index contributed by atoms with van der Waals surface area (Å²) in [5, 5.41) is 9.08. The van der Waals surface area contributed by atoms with Crippen LogP contribution in [0.5, 0.6) is 0 Å². The summed E-state index contributed by atoms with van der Waals surface area (Å²) in [5.41, 5.74) is 3.36. The molecule has 0 radical (unpaired) electrons. The van der Waals surface area contributed by atoms with Crippen molar-refractivity contribution in [2.75, 3.05) is 54.1 Å². The van der Waals surface area contributed by atoms with E-state index >= 15 is 0 Å². The quantitative estimate of drug-likeness (QED) is 0.561. The number of carbonyl (C=O) groups is 1. The minimum atomic E-state index is -0.289. The van der Waals surface area contributed by atoms with Gasteiger partial charge in [0.05, 0.1) is 0 Å². The maximum absolute atomic E-state index is 12.4. The zero-order valence-electron chi connectivity index (χ0n) is 18.7. The number of aromatic nitrogens is 2. The number of nitrogens with zero attached hydrogens (tertiary/aromatic N) is 4. The predicted molar refractivity (Wildman–Crippen MR) is 130 cm³/mol. The number of aryl methyl sites for hydroxylation is 2. The molecule has 1 aromatic heterocycles. The van der Waals surface area contributed by atoms with E-state index in [9.17, 15) is 4.79 Å². The number of urea groups is 1. The van der Waals surface area contributed by atoms with Crippen molar-refractivity contribution in [1.29, 1.82) is 0 Å². The zero-order valence-corrected chi connectivity index (χ0v) is 18.7. The van der Waals surface area contributed by atoms with Crippen molar-refractivity contribution in [3.8, 4) is 0 Å². The lowest BCUT2D eigenvalue weighted by Crippen LogP contribution is -2.44. The highest BCUT2D eigenvalue weighted by Crippen LogP contribution is 2.23. The second-order valence-electron chi connectivity index (χ2n) is 8.10. The molecule has 3 aromatic rings. The van der Waals surface area contributed by atoms with Crippen LogP contribution in [-0.2, 0) is 0 Å². The van der Waals surface area contributed by atoms with Gasteiger partial charge in [-0.3, -0.25) is 0 Å². The van der Waals surface area contributed by atoms with Gasteiger partial charge in [-0.15, -0.1) is 0 Å². The van der Waals surface area contributed by atoms with Crippen LogP contribution in [0.4, 0.5) is 33.5 Å². The highest BCUT2D eigenvalue weighted by Gasteiger charge is 2.16. The third kappa shape index (κ3) is 5.73. The maximum atomic E-state index is 12.4. The van der Waals surface area contributed by atoms with E-state index in [4.69, 9.17) is 0 Å². The van der Waals surface area contributed by atoms with Crippen LogP contribution < -0.4 is 20.9 Å². The molecule has 0 atom stereocenters. The molecular formula is C24H29N7O. The normalized spacial score (nSPS) is 14.2. The lowest BCUT2D eigenvalue weighted by molar-refractivity contribution is 0.262. The van der Waals surface area contributed by atoms with Crippen molar-refractivity contribution in [3.05, 3.63) is 66.0 Å². The average molecular weight is 432 g/mol. The number of hydrogen-bond acceptors (Lipinski definition) is 6. The van der Waals surface area contributed by atoms with Gasteiger partial charge in [-0.1, -0.05) is 18.2 Å². The number of amides is 2. The van der Waals surface area contributed by atoms with Crippen LogP contribution in [0.3, 0.4) is 0 Å². The fraction of sp³-hybridized carbons (Fsp3) is 0.292. The summed E-state index contributed by atoms with van der Waals surface area (Å²) >= 11 is 0. The monoisotopic (exact) mass is 431 g/mol. The first-order valence-electron chi connectivity index (χ1n) is 10.8. The smallest absolute Gasteiger partial charge is 0.323 e. The van der Waals surface area contributed by atoms with Gasteiger partial charge in [-0.2, -0.15) is 0 Å². The van der Waals surface area contributed by atoms with Gasteiger partial charge in [-0.05, 0) is 56.8 Å². The first kappa shape index (κ1) is 21.6. The summed E-state index contributed by atoms with van der Waals surface area (Å²) in [5.74, 6) is 2.38. The lowest BCUT2D eigenvalue weighted by Gasteiger charge is -2.33. The Kier molecular flexibility index (Phi) is 6.51. The van der Waals surface area contributed by atoms with Gasteiger partial charge < -0.3 is 25.8 Å². The molecule has 1 saturated heterocycles. The van der Waals surface area contributed by atoms with Crippen molar-refractivity contribution in [2.45, 2.75) is 13.8 Å². The Bertz CT molecular complexity index is 1090. The molecule has 8 nitrogen and oxygen atoms in total. The van der Waals surface area contributed by atoms with Gasteiger partial charge in [0.1, 0.15) is 17.5 Å². The Morgan fingerprint density at radius 3 is 2.22 bits per heavy atom. The van der Waals surface area contributed by atoms with Crippen LogP contribution in [0.2, 0.25) is 0 Å². The van der Waals surface area contributed by atoms with Crippen molar-refractivity contribution < 1.29 is 4.79 Å². The number of piperazine rings is 1. The summed E-state index contributed by atoms with van der Waals surface area (Å²) in [6.07, 6.45) is 0. The average Bonchev–Trinajstić information content (AvgIpc) is 2.74. The molecule has 0 spiro atoms. The van der Waals surface area contributed by atoms with E-state index in [1.807, 2.05) is 68.4 Å². The van der Waals surface area contributed by atoms with Gasteiger partial charge in [0.2, 0.25) is 0 Å². The van der Waals surface area contributed by atoms with Gasteiger partial charge in [0.15, 0.2) is 0 Å². The van der Waals surface area contributed by atoms with Crippen LogP contribution in [0.15, 0.2) is 54.6 Å². The van der Waals surface area contributed by atoms with Crippen molar-refractivity contribution in [1.82, 2.24) is 14.9 Å². The van der Waals surface area contributed by atoms with Crippen LogP contribution in [-0.4, -0.2) is 54.1 Å². The van der Waals surface area contributed by atoms with Crippen LogP contribution in [0, 0.1) is 13.8 Å². The van der Waals surface area contributed by atoms with Crippen molar-refractivity contribution in [2.24, 2.45) is 0 Å². The molecule has 0 aliphatic carbocycles. The second-order valence-corrected chi connectivity index (χ2v) is 8.10. The van der Waals surface area contributed by atoms with E-state index in [2.05, 4.69) is 42.8 Å². The van der Waals surface area contributed by atoms with Gasteiger partial charge in [-0.25, -0.2) is 14.8 Å². The number of rotatable bonds is 5. The van der Waals surface area contributed by atoms with Gasteiger partial charge in [0, 0.05) is 49.3 Å². The summed E-state index contributed by atoms with van der Waals surface area (Å²) in [6, 6.07) is 16.9. The second kappa shape index (κ2) is 9.65. The number of nitrogens with one attached hydrogen (secondary N) is 3. The Labute approximate surface area is 188 Å². The molecule has 1 aliphatic rings. The summed E-state index contributed by atoms with van der Waals surface area (Å²) in [6.45, 7) is 7.82. The topological polar surface area (TPSA) is 85.4 Å². The molecule has 2 amide bonds. The van der Waals surface area contributed by atoms with Crippen LogP contribution >= 0.6 is 0 Å². The summed E-state index contributed by atoms with van der Waals surface area (Å²) < 4.78 is 0. The van der Waals surface area contributed by atoms with E-state index < -0.39 is 0 Å². The molecule has 0 unspecified atom stereocenters. The van der Waals surface area contributed by atoms with Gasteiger partial charge in [0.25, 0.3) is 0 Å². The third-order valence-electron chi connectivity index (χ3n) is 5.32. The number of hydrogen-bond donors (Lipinski definition) is 3. The molecule has 1 fully saturated rings. The minimum absolute atomic E-state index is 0.289. The third-order valence-corrected chi connectivity index (χ3v) is 5.32.